The summed E-state index contributed by atoms with van der Waals surface area (Å²) in [6.07, 6.45) is 4.36. The van der Waals surface area contributed by atoms with Crippen LogP contribution >= 0.6 is 23.4 Å². The SMILES string of the molecule is CC1CN(c2cc(Cl)nc(SCC(=O)N(CCN(C)C)Cc3ccccc3)n2)CCN1C(=O)C1CCCC1. The molecular formula is C28H39ClN6O2S. The second-order valence-corrected chi connectivity index (χ2v) is 11.9. The third kappa shape index (κ3) is 7.83. The number of piperazine rings is 1. The van der Waals surface area contributed by atoms with Crippen molar-refractivity contribution in [1.82, 2.24) is 24.7 Å². The van der Waals surface area contributed by atoms with Crippen molar-refractivity contribution in [3.8, 4) is 0 Å². The number of hydrogen-bond acceptors (Lipinski definition) is 7. The third-order valence-electron chi connectivity index (χ3n) is 7.31. The molecule has 2 aromatic rings. The molecule has 2 aliphatic rings. The number of rotatable bonds is 10. The molecule has 1 aromatic heterocycles. The zero-order chi connectivity index (χ0) is 27.1. The molecule has 1 aliphatic heterocycles. The van der Waals surface area contributed by atoms with E-state index in [1.165, 1.54) is 11.8 Å². The highest BCUT2D eigenvalue weighted by molar-refractivity contribution is 7.99. The largest absolute Gasteiger partial charge is 0.353 e. The lowest BCUT2D eigenvalue weighted by molar-refractivity contribution is -0.137. The Balaban J connectivity index is 1.37. The highest BCUT2D eigenvalue weighted by Crippen LogP contribution is 2.29. The highest BCUT2D eigenvalue weighted by Gasteiger charge is 2.33. The molecule has 0 bridgehead atoms. The number of anilines is 1. The van der Waals surface area contributed by atoms with Crippen LogP contribution in [0.4, 0.5) is 5.82 Å². The molecule has 10 heteroatoms. The van der Waals surface area contributed by atoms with Crippen LogP contribution in [0.5, 0.6) is 0 Å². The Morgan fingerprint density at radius 2 is 1.82 bits per heavy atom. The van der Waals surface area contributed by atoms with Crippen LogP contribution in [0.25, 0.3) is 0 Å². The first-order valence-corrected chi connectivity index (χ1v) is 14.9. The van der Waals surface area contributed by atoms with E-state index in [2.05, 4.69) is 21.7 Å². The van der Waals surface area contributed by atoms with Gasteiger partial charge in [0.2, 0.25) is 11.8 Å². The van der Waals surface area contributed by atoms with E-state index in [0.29, 0.717) is 48.9 Å². The second-order valence-electron chi connectivity index (χ2n) is 10.5. The number of benzene rings is 1. The summed E-state index contributed by atoms with van der Waals surface area (Å²) >= 11 is 7.70. The summed E-state index contributed by atoms with van der Waals surface area (Å²) in [5.41, 5.74) is 1.10. The molecule has 2 amide bonds. The molecule has 1 aromatic carbocycles. The van der Waals surface area contributed by atoms with Crippen LogP contribution in [0.15, 0.2) is 41.6 Å². The lowest BCUT2D eigenvalue weighted by Crippen LogP contribution is -2.55. The Morgan fingerprint density at radius 1 is 1.08 bits per heavy atom. The van der Waals surface area contributed by atoms with E-state index in [0.717, 1.165) is 43.6 Å². The average Bonchev–Trinajstić information content (AvgIpc) is 3.44. The van der Waals surface area contributed by atoms with E-state index in [1.807, 2.05) is 54.2 Å². The fraction of sp³-hybridized carbons (Fsp3) is 0.571. The first-order valence-electron chi connectivity index (χ1n) is 13.5. The number of hydrogen-bond donors (Lipinski definition) is 0. The number of halogens is 1. The molecular weight excluding hydrogens is 520 g/mol. The molecule has 8 nitrogen and oxygen atoms in total. The summed E-state index contributed by atoms with van der Waals surface area (Å²) in [6, 6.07) is 11.9. The van der Waals surface area contributed by atoms with Gasteiger partial charge in [-0.05, 0) is 39.4 Å². The minimum atomic E-state index is 0.0403. The lowest BCUT2D eigenvalue weighted by Gasteiger charge is -2.41. The van der Waals surface area contributed by atoms with Gasteiger partial charge in [-0.3, -0.25) is 9.59 Å². The van der Waals surface area contributed by atoms with Crippen molar-refractivity contribution >= 4 is 41.0 Å². The highest BCUT2D eigenvalue weighted by atomic mass is 35.5. The van der Waals surface area contributed by atoms with Gasteiger partial charge in [0.15, 0.2) is 5.16 Å². The maximum Gasteiger partial charge on any atom is 0.233 e. The standard InChI is InChI=1S/C28H39ClN6O2S/c1-21-18-33(15-16-35(21)27(37)23-11-7-8-12-23)25-17-24(29)30-28(31-25)38-20-26(36)34(14-13-32(2)3)19-22-9-5-4-6-10-22/h4-6,9-10,17,21,23H,7-8,11-16,18-20H2,1-3H3. The number of carbonyl (C=O) groups excluding carboxylic acids is 2. The summed E-state index contributed by atoms with van der Waals surface area (Å²) in [7, 11) is 4.01. The van der Waals surface area contributed by atoms with Crippen LogP contribution in [0, 0.1) is 5.92 Å². The number of amides is 2. The van der Waals surface area contributed by atoms with Crippen LogP contribution in [-0.4, -0.2) is 95.1 Å². The molecule has 206 valence electrons. The molecule has 1 saturated heterocycles. The molecule has 0 spiro atoms. The Kier molecular flexibility index (Phi) is 10.3. The van der Waals surface area contributed by atoms with Crippen LogP contribution in [0.2, 0.25) is 5.15 Å². The van der Waals surface area contributed by atoms with Crippen molar-refractivity contribution in [2.24, 2.45) is 5.92 Å². The quantitative estimate of drug-likeness (QED) is 0.247. The molecule has 2 heterocycles. The van der Waals surface area contributed by atoms with E-state index < -0.39 is 0 Å². The van der Waals surface area contributed by atoms with Crippen molar-refractivity contribution in [3.63, 3.8) is 0 Å². The first kappa shape index (κ1) is 28.6. The number of aromatic nitrogens is 2. The summed E-state index contributed by atoms with van der Waals surface area (Å²) in [6.45, 7) is 6.18. The van der Waals surface area contributed by atoms with E-state index in [4.69, 9.17) is 16.6 Å². The van der Waals surface area contributed by atoms with E-state index in [1.54, 1.807) is 6.07 Å². The normalized spacial score (nSPS) is 18.3. The maximum absolute atomic E-state index is 13.2. The maximum atomic E-state index is 13.2. The Labute approximate surface area is 235 Å². The number of nitrogens with zero attached hydrogens (tertiary/aromatic N) is 6. The number of carbonyl (C=O) groups is 2. The summed E-state index contributed by atoms with van der Waals surface area (Å²) in [5.74, 6) is 1.52. The number of thioether (sulfide) groups is 1. The van der Waals surface area contributed by atoms with E-state index in [-0.39, 0.29) is 23.6 Å². The molecule has 1 atom stereocenters. The van der Waals surface area contributed by atoms with Gasteiger partial charge in [-0.2, -0.15) is 0 Å². The van der Waals surface area contributed by atoms with Gasteiger partial charge < -0.3 is 19.6 Å². The van der Waals surface area contributed by atoms with Gasteiger partial charge in [-0.15, -0.1) is 0 Å². The van der Waals surface area contributed by atoms with Gasteiger partial charge >= 0.3 is 0 Å². The molecule has 38 heavy (non-hydrogen) atoms. The summed E-state index contributed by atoms with van der Waals surface area (Å²) < 4.78 is 0. The summed E-state index contributed by atoms with van der Waals surface area (Å²) in [5, 5.41) is 0.848. The van der Waals surface area contributed by atoms with Crippen molar-refractivity contribution in [2.45, 2.75) is 50.4 Å². The van der Waals surface area contributed by atoms with Crippen LogP contribution in [0.1, 0.15) is 38.2 Å². The fourth-order valence-electron chi connectivity index (χ4n) is 5.15. The molecule has 4 rings (SSSR count). The topological polar surface area (TPSA) is 72.9 Å². The van der Waals surface area contributed by atoms with Crippen molar-refractivity contribution in [3.05, 3.63) is 47.1 Å². The van der Waals surface area contributed by atoms with Gasteiger partial charge in [0.05, 0.1) is 5.75 Å². The zero-order valence-corrected chi connectivity index (χ0v) is 24.3. The van der Waals surface area contributed by atoms with Crippen LogP contribution in [-0.2, 0) is 16.1 Å². The smallest absolute Gasteiger partial charge is 0.233 e. The molecule has 0 radical (unpaired) electrons. The Hall–Kier alpha value is -2.36. The fourth-order valence-corrected chi connectivity index (χ4v) is 6.13. The Bertz CT molecular complexity index is 1080. The predicted molar refractivity (Wildman–Crippen MR) is 154 cm³/mol. The van der Waals surface area contributed by atoms with Crippen LogP contribution < -0.4 is 4.90 Å². The van der Waals surface area contributed by atoms with Gasteiger partial charge in [0.25, 0.3) is 0 Å². The van der Waals surface area contributed by atoms with E-state index >= 15 is 0 Å². The number of likely N-dealkylation sites (N-methyl/N-ethyl adjacent to an activating group) is 1. The molecule has 1 saturated carbocycles. The second kappa shape index (κ2) is 13.6. The van der Waals surface area contributed by atoms with Gasteiger partial charge in [0, 0.05) is 57.3 Å². The van der Waals surface area contributed by atoms with E-state index in [9.17, 15) is 9.59 Å². The minimum absolute atomic E-state index is 0.0403. The molecule has 1 unspecified atom stereocenters. The molecule has 0 N–H and O–H groups in total. The van der Waals surface area contributed by atoms with Gasteiger partial charge in [-0.25, -0.2) is 9.97 Å². The first-order chi connectivity index (χ1) is 18.3. The lowest BCUT2D eigenvalue weighted by atomic mass is 10.0. The third-order valence-corrected chi connectivity index (χ3v) is 8.34. The zero-order valence-electron chi connectivity index (χ0n) is 22.7. The van der Waals surface area contributed by atoms with Crippen molar-refractivity contribution < 1.29 is 9.59 Å². The average molecular weight is 559 g/mol. The Morgan fingerprint density at radius 3 is 2.50 bits per heavy atom. The van der Waals surface area contributed by atoms with Crippen LogP contribution in [0.3, 0.4) is 0 Å². The summed E-state index contributed by atoms with van der Waals surface area (Å²) in [4.78, 5) is 43.5. The van der Waals surface area contributed by atoms with Gasteiger partial charge in [0.1, 0.15) is 11.0 Å². The van der Waals surface area contributed by atoms with Crippen molar-refractivity contribution in [2.75, 3.05) is 57.5 Å². The monoisotopic (exact) mass is 558 g/mol. The van der Waals surface area contributed by atoms with Gasteiger partial charge in [-0.1, -0.05) is 66.5 Å². The predicted octanol–water partition coefficient (Wildman–Crippen LogP) is 4.04. The molecule has 1 aliphatic carbocycles. The minimum Gasteiger partial charge on any atom is -0.353 e. The molecule has 2 fully saturated rings. The van der Waals surface area contributed by atoms with Crippen molar-refractivity contribution in [1.29, 1.82) is 0 Å².